The Morgan fingerprint density at radius 3 is 2.59 bits per heavy atom. The smallest absolute Gasteiger partial charge is 0.252 e. The highest BCUT2D eigenvalue weighted by molar-refractivity contribution is 5.91. The summed E-state index contributed by atoms with van der Waals surface area (Å²) in [6.07, 6.45) is 2.26. The van der Waals surface area contributed by atoms with Crippen LogP contribution in [0.15, 0.2) is 35.1 Å². The number of H-pyrrole nitrogens is 1. The van der Waals surface area contributed by atoms with E-state index in [-0.39, 0.29) is 29.8 Å². The van der Waals surface area contributed by atoms with Gasteiger partial charge in [-0.2, -0.15) is 9.78 Å². The van der Waals surface area contributed by atoms with E-state index in [9.17, 15) is 9.59 Å². The average Bonchev–Trinajstić information content (AvgIpc) is 3.53. The average molecular weight is 438 g/mol. The third-order valence-corrected chi connectivity index (χ3v) is 5.35. The minimum Gasteiger partial charge on any atom is -0.493 e. The van der Waals surface area contributed by atoms with Gasteiger partial charge in [-0.1, -0.05) is 19.9 Å². The van der Waals surface area contributed by atoms with E-state index in [1.165, 1.54) is 10.7 Å². The minimum absolute atomic E-state index is 0.0811. The molecule has 9 nitrogen and oxygen atoms in total. The van der Waals surface area contributed by atoms with Gasteiger partial charge >= 0.3 is 0 Å². The summed E-state index contributed by atoms with van der Waals surface area (Å²) >= 11 is 0. The Hall–Kier alpha value is -3.62. The summed E-state index contributed by atoms with van der Waals surface area (Å²) in [7, 11) is 3.12. The predicted molar refractivity (Wildman–Crippen MR) is 120 cm³/mol. The molecule has 1 aliphatic carbocycles. The third kappa shape index (κ3) is 4.66. The van der Waals surface area contributed by atoms with Crippen molar-refractivity contribution in [3.63, 3.8) is 0 Å². The molecule has 0 atom stereocenters. The van der Waals surface area contributed by atoms with Crippen LogP contribution in [-0.2, 0) is 11.2 Å². The molecule has 1 aliphatic rings. The largest absolute Gasteiger partial charge is 0.493 e. The SMILES string of the molecule is COc1ccc(CC(=O)Nc2cc(C3CC3)nn2-c2nc(C(C)C)cc(=O)[nH]2)cc1OC. The molecule has 1 aromatic carbocycles. The molecule has 0 radical (unpaired) electrons. The first-order valence-corrected chi connectivity index (χ1v) is 10.6. The molecule has 0 saturated heterocycles. The Morgan fingerprint density at radius 2 is 1.94 bits per heavy atom. The fourth-order valence-electron chi connectivity index (χ4n) is 3.45. The van der Waals surface area contributed by atoms with Crippen molar-refractivity contribution in [2.24, 2.45) is 0 Å². The van der Waals surface area contributed by atoms with Gasteiger partial charge in [0, 0.05) is 18.1 Å². The van der Waals surface area contributed by atoms with E-state index in [1.807, 2.05) is 26.0 Å². The lowest BCUT2D eigenvalue weighted by atomic mass is 10.1. The van der Waals surface area contributed by atoms with Crippen LogP contribution in [0.2, 0.25) is 0 Å². The molecular formula is C23H27N5O4. The highest BCUT2D eigenvalue weighted by atomic mass is 16.5. The molecule has 2 heterocycles. The van der Waals surface area contributed by atoms with E-state index in [4.69, 9.17) is 9.47 Å². The molecule has 0 unspecified atom stereocenters. The topological polar surface area (TPSA) is 111 Å². The van der Waals surface area contributed by atoms with Gasteiger partial charge in [0.2, 0.25) is 11.9 Å². The van der Waals surface area contributed by atoms with Crippen LogP contribution in [0.4, 0.5) is 5.82 Å². The zero-order valence-corrected chi connectivity index (χ0v) is 18.6. The zero-order valence-electron chi connectivity index (χ0n) is 18.6. The molecule has 2 N–H and O–H groups in total. The van der Waals surface area contributed by atoms with Crippen molar-refractivity contribution in [2.45, 2.75) is 44.9 Å². The molecule has 0 spiro atoms. The van der Waals surface area contributed by atoms with Crippen LogP contribution in [0.25, 0.3) is 5.95 Å². The molecule has 168 valence electrons. The molecule has 2 aromatic heterocycles. The first-order valence-electron chi connectivity index (χ1n) is 10.6. The maximum Gasteiger partial charge on any atom is 0.252 e. The van der Waals surface area contributed by atoms with E-state index >= 15 is 0 Å². The summed E-state index contributed by atoms with van der Waals surface area (Å²) in [6, 6.07) is 8.69. The second-order valence-electron chi connectivity index (χ2n) is 8.20. The Morgan fingerprint density at radius 1 is 1.19 bits per heavy atom. The van der Waals surface area contributed by atoms with Crippen molar-refractivity contribution in [2.75, 3.05) is 19.5 Å². The van der Waals surface area contributed by atoms with Crippen LogP contribution < -0.4 is 20.3 Å². The number of amides is 1. The maximum atomic E-state index is 12.8. The number of nitrogens with zero attached hydrogens (tertiary/aromatic N) is 3. The lowest BCUT2D eigenvalue weighted by molar-refractivity contribution is -0.115. The molecule has 1 fully saturated rings. The van der Waals surface area contributed by atoms with E-state index in [0.717, 1.165) is 24.1 Å². The molecule has 1 saturated carbocycles. The van der Waals surface area contributed by atoms with E-state index < -0.39 is 0 Å². The second kappa shape index (κ2) is 8.86. The summed E-state index contributed by atoms with van der Waals surface area (Å²) in [5, 5.41) is 7.55. The number of anilines is 1. The van der Waals surface area contributed by atoms with E-state index in [1.54, 1.807) is 26.4 Å². The van der Waals surface area contributed by atoms with Crippen molar-refractivity contribution in [3.8, 4) is 17.4 Å². The van der Waals surface area contributed by atoms with Crippen LogP contribution in [0.1, 0.15) is 55.5 Å². The van der Waals surface area contributed by atoms with Gasteiger partial charge in [-0.3, -0.25) is 14.6 Å². The number of methoxy groups -OCH3 is 2. The van der Waals surface area contributed by atoms with Crippen molar-refractivity contribution in [1.29, 1.82) is 0 Å². The fraction of sp³-hybridized carbons (Fsp3) is 0.391. The van der Waals surface area contributed by atoms with Crippen LogP contribution in [0.3, 0.4) is 0 Å². The standard InChI is InChI=1S/C23H27N5O4/c1-13(2)16-12-22(30)26-23(24-16)28-20(11-17(27-28)15-6-7-15)25-21(29)10-14-5-8-18(31-3)19(9-14)32-4/h5,8-9,11-13,15H,6-7,10H2,1-4H3,(H,25,29)(H,24,26,30). The molecule has 4 rings (SSSR count). The van der Waals surface area contributed by atoms with Crippen LogP contribution in [0.5, 0.6) is 11.5 Å². The number of carbonyl (C=O) groups is 1. The Bertz CT molecular complexity index is 1190. The number of hydrogen-bond donors (Lipinski definition) is 2. The van der Waals surface area contributed by atoms with Crippen LogP contribution >= 0.6 is 0 Å². The number of aromatic amines is 1. The highest BCUT2D eigenvalue weighted by Gasteiger charge is 2.28. The van der Waals surface area contributed by atoms with Crippen LogP contribution in [-0.4, -0.2) is 39.9 Å². The summed E-state index contributed by atoms with van der Waals surface area (Å²) in [5.74, 6) is 2.16. The molecule has 3 aromatic rings. The van der Waals surface area contributed by atoms with Crippen LogP contribution in [0, 0.1) is 0 Å². The van der Waals surface area contributed by atoms with Gasteiger partial charge < -0.3 is 14.8 Å². The van der Waals surface area contributed by atoms with Crippen molar-refractivity contribution < 1.29 is 14.3 Å². The first kappa shape index (κ1) is 21.6. The van der Waals surface area contributed by atoms with Gasteiger partial charge in [-0.15, -0.1) is 0 Å². The lowest BCUT2D eigenvalue weighted by Gasteiger charge is -2.11. The highest BCUT2D eigenvalue weighted by Crippen LogP contribution is 2.40. The molecule has 1 amide bonds. The van der Waals surface area contributed by atoms with Crippen molar-refractivity contribution >= 4 is 11.7 Å². The number of aromatic nitrogens is 4. The van der Waals surface area contributed by atoms with Gasteiger partial charge in [0.1, 0.15) is 5.82 Å². The maximum absolute atomic E-state index is 12.8. The summed E-state index contributed by atoms with van der Waals surface area (Å²) < 4.78 is 12.1. The number of hydrogen-bond acceptors (Lipinski definition) is 6. The van der Waals surface area contributed by atoms with Gasteiger partial charge in [0.15, 0.2) is 11.5 Å². The minimum atomic E-state index is -0.259. The second-order valence-corrected chi connectivity index (χ2v) is 8.20. The Balaban J connectivity index is 1.61. The third-order valence-electron chi connectivity index (χ3n) is 5.35. The number of rotatable bonds is 8. The molecular weight excluding hydrogens is 410 g/mol. The van der Waals surface area contributed by atoms with Gasteiger partial charge in [-0.25, -0.2) is 4.98 Å². The molecule has 0 aliphatic heterocycles. The number of ether oxygens (including phenoxy) is 2. The summed E-state index contributed by atoms with van der Waals surface area (Å²) in [4.78, 5) is 32.3. The van der Waals surface area contributed by atoms with Crippen molar-refractivity contribution in [1.82, 2.24) is 19.7 Å². The Kier molecular flexibility index (Phi) is 5.98. The van der Waals surface area contributed by atoms with E-state index in [2.05, 4.69) is 20.4 Å². The van der Waals surface area contributed by atoms with Gasteiger partial charge in [0.05, 0.1) is 32.0 Å². The predicted octanol–water partition coefficient (Wildman–Crippen LogP) is 3.15. The monoisotopic (exact) mass is 437 g/mol. The molecule has 0 bridgehead atoms. The van der Waals surface area contributed by atoms with Gasteiger partial charge in [0.25, 0.3) is 5.56 Å². The first-order chi connectivity index (χ1) is 15.4. The number of benzene rings is 1. The zero-order chi connectivity index (χ0) is 22.8. The number of nitrogens with one attached hydrogen (secondary N) is 2. The summed E-state index contributed by atoms with van der Waals surface area (Å²) in [6.45, 7) is 3.94. The number of carbonyl (C=O) groups excluding carboxylic acids is 1. The van der Waals surface area contributed by atoms with Gasteiger partial charge in [-0.05, 0) is 36.5 Å². The lowest BCUT2D eigenvalue weighted by Crippen LogP contribution is -2.20. The molecule has 9 heteroatoms. The molecule has 32 heavy (non-hydrogen) atoms. The van der Waals surface area contributed by atoms with Crippen molar-refractivity contribution in [3.05, 3.63) is 57.6 Å². The fourth-order valence-corrected chi connectivity index (χ4v) is 3.45. The summed E-state index contributed by atoms with van der Waals surface area (Å²) in [5.41, 5.74) is 2.06. The quantitative estimate of drug-likeness (QED) is 0.560. The normalized spacial score (nSPS) is 13.3. The van der Waals surface area contributed by atoms with E-state index in [0.29, 0.717) is 28.9 Å². The Labute approximate surface area is 185 Å².